The molecule has 0 aliphatic rings. The lowest BCUT2D eigenvalue weighted by molar-refractivity contribution is -0.388. The number of hydrogen-bond donors (Lipinski definition) is 0. The molecule has 0 radical (unpaired) electrons. The number of carbonyl (C=O) groups is 1. The normalized spacial score (nSPS) is 11.5. The van der Waals surface area contributed by atoms with Crippen molar-refractivity contribution in [2.75, 3.05) is 18.0 Å². The molecule has 0 fully saturated rings. The highest BCUT2D eigenvalue weighted by Crippen LogP contribution is 2.38. The lowest BCUT2D eigenvalue weighted by Crippen LogP contribution is -2.24. The van der Waals surface area contributed by atoms with Crippen LogP contribution in [0, 0.1) is 10.1 Å². The fraction of sp³-hybridized carbons (Fsp3) is 0.286. The van der Waals surface area contributed by atoms with Crippen LogP contribution in [0.4, 0.5) is 35.9 Å². The molecule has 0 amide bonds. The van der Waals surface area contributed by atoms with Crippen molar-refractivity contribution in [1.29, 1.82) is 0 Å². The molecular formula is C21H21F3N4O3. The van der Waals surface area contributed by atoms with Gasteiger partial charge in [-0.1, -0.05) is 6.58 Å². The Morgan fingerprint density at radius 3 is 2.32 bits per heavy atom. The summed E-state index contributed by atoms with van der Waals surface area (Å²) >= 11 is 0. The van der Waals surface area contributed by atoms with E-state index in [1.165, 1.54) is 6.08 Å². The molecule has 164 valence electrons. The Morgan fingerprint density at radius 2 is 1.77 bits per heavy atom. The van der Waals surface area contributed by atoms with E-state index >= 15 is 0 Å². The molecule has 0 spiro atoms. The number of halogens is 3. The van der Waals surface area contributed by atoms with Crippen molar-refractivity contribution >= 4 is 28.5 Å². The maximum Gasteiger partial charge on any atom is 0.423 e. The fourth-order valence-electron chi connectivity index (χ4n) is 2.83. The molecule has 0 unspecified atom stereocenters. The molecule has 0 atom stereocenters. The number of nitro benzene ring substituents is 1. The quantitative estimate of drug-likeness (QED) is 0.188. The van der Waals surface area contributed by atoms with E-state index in [1.54, 1.807) is 24.3 Å². The Balaban J connectivity index is 2.12. The van der Waals surface area contributed by atoms with Crippen molar-refractivity contribution in [2.45, 2.75) is 25.9 Å². The first-order chi connectivity index (χ1) is 14.7. The smallest absolute Gasteiger partial charge is 0.372 e. The predicted octanol–water partition coefficient (Wildman–Crippen LogP) is 6.39. The number of benzene rings is 2. The highest BCUT2D eigenvalue weighted by atomic mass is 19.4. The zero-order valence-corrected chi connectivity index (χ0v) is 16.8. The Labute approximate surface area is 177 Å². The van der Waals surface area contributed by atoms with E-state index in [1.807, 2.05) is 6.92 Å². The van der Waals surface area contributed by atoms with Gasteiger partial charge in [-0.25, -0.2) is 0 Å². The second-order valence-electron chi connectivity index (χ2n) is 6.53. The first-order valence-corrected chi connectivity index (χ1v) is 9.43. The second kappa shape index (κ2) is 10.5. The fourth-order valence-corrected chi connectivity index (χ4v) is 2.83. The minimum Gasteiger partial charge on any atom is -0.372 e. The third-order valence-electron chi connectivity index (χ3n) is 4.44. The number of hydrogen-bond acceptors (Lipinski definition) is 6. The van der Waals surface area contributed by atoms with Gasteiger partial charge in [0.25, 0.3) is 5.69 Å². The second-order valence-corrected chi connectivity index (χ2v) is 6.53. The van der Waals surface area contributed by atoms with Gasteiger partial charge in [0.2, 0.25) is 0 Å². The number of rotatable bonds is 10. The van der Waals surface area contributed by atoms with E-state index in [9.17, 15) is 28.1 Å². The number of allylic oxidation sites excluding steroid dienone is 1. The lowest BCUT2D eigenvalue weighted by atomic mass is 10.1. The van der Waals surface area contributed by atoms with Gasteiger partial charge in [-0.15, -0.1) is 0 Å². The van der Waals surface area contributed by atoms with Gasteiger partial charge in [0.15, 0.2) is 5.78 Å². The van der Waals surface area contributed by atoms with Gasteiger partial charge in [0, 0.05) is 31.3 Å². The molecule has 7 nitrogen and oxygen atoms in total. The Bertz CT molecular complexity index is 973. The van der Waals surface area contributed by atoms with Crippen molar-refractivity contribution in [3.05, 3.63) is 70.8 Å². The van der Waals surface area contributed by atoms with Gasteiger partial charge in [-0.2, -0.15) is 23.4 Å². The number of nitro groups is 1. The van der Waals surface area contributed by atoms with Crippen molar-refractivity contribution in [2.24, 2.45) is 10.2 Å². The summed E-state index contributed by atoms with van der Waals surface area (Å²) in [4.78, 5) is 23.1. The first kappa shape index (κ1) is 23.7. The third kappa shape index (κ3) is 6.73. The van der Waals surface area contributed by atoms with Crippen LogP contribution in [0.15, 0.2) is 65.3 Å². The maximum absolute atomic E-state index is 13.1. The number of anilines is 1. The Hall–Kier alpha value is -3.56. The van der Waals surface area contributed by atoms with E-state index in [4.69, 9.17) is 0 Å². The summed E-state index contributed by atoms with van der Waals surface area (Å²) in [5, 5.41) is 18.5. The number of ketones is 1. The molecule has 0 saturated carbocycles. The highest BCUT2D eigenvalue weighted by molar-refractivity contribution is 5.88. The average molecular weight is 434 g/mol. The molecule has 2 aromatic rings. The summed E-state index contributed by atoms with van der Waals surface area (Å²) in [7, 11) is 0. The Kier molecular flexibility index (Phi) is 8.00. The van der Waals surface area contributed by atoms with Crippen LogP contribution < -0.4 is 4.90 Å². The molecular weight excluding hydrogens is 413 g/mol. The van der Waals surface area contributed by atoms with Gasteiger partial charge < -0.3 is 4.90 Å². The van der Waals surface area contributed by atoms with Crippen molar-refractivity contribution in [3.63, 3.8) is 0 Å². The first-order valence-electron chi connectivity index (χ1n) is 9.43. The summed E-state index contributed by atoms with van der Waals surface area (Å²) in [6, 6.07) is 9.37. The maximum atomic E-state index is 13.1. The third-order valence-corrected chi connectivity index (χ3v) is 4.44. The minimum absolute atomic E-state index is 0.00765. The molecule has 2 aromatic carbocycles. The average Bonchev–Trinajstić information content (AvgIpc) is 2.74. The number of nitrogens with zero attached hydrogens (tertiary/aromatic N) is 4. The van der Waals surface area contributed by atoms with Crippen molar-refractivity contribution in [1.82, 2.24) is 0 Å². The van der Waals surface area contributed by atoms with Crippen molar-refractivity contribution < 1.29 is 22.9 Å². The zero-order chi connectivity index (χ0) is 23.0. The van der Waals surface area contributed by atoms with Gasteiger partial charge in [-0.05, 0) is 55.8 Å². The van der Waals surface area contributed by atoms with Crippen LogP contribution in [-0.2, 0) is 11.0 Å². The molecule has 0 aliphatic carbocycles. The topological polar surface area (TPSA) is 88.2 Å². The monoisotopic (exact) mass is 434 g/mol. The standard InChI is InChI=1S/C21H21F3N4O3/c1-3-18(29)6-5-13-27(4-2)17-10-7-15(8-11-17)25-26-16-9-12-20(28(30)31)19(14-16)21(22,23)24/h3,7-12,14H,1,4-6,13H2,2H3. The molecule has 0 aromatic heterocycles. The molecule has 0 heterocycles. The minimum atomic E-state index is -4.88. The predicted molar refractivity (Wildman–Crippen MR) is 111 cm³/mol. The van der Waals surface area contributed by atoms with Crippen LogP contribution in [0.5, 0.6) is 0 Å². The summed E-state index contributed by atoms with van der Waals surface area (Å²) in [5.41, 5.74) is -1.25. The molecule has 0 N–H and O–H groups in total. The lowest BCUT2D eigenvalue weighted by Gasteiger charge is -2.22. The molecule has 10 heteroatoms. The van der Waals surface area contributed by atoms with Crippen molar-refractivity contribution in [3.8, 4) is 0 Å². The summed E-state index contributed by atoms with van der Waals surface area (Å²) in [6.07, 6.45) is -2.47. The largest absolute Gasteiger partial charge is 0.423 e. The molecule has 31 heavy (non-hydrogen) atoms. The number of alkyl halides is 3. The zero-order valence-electron chi connectivity index (χ0n) is 16.8. The van der Waals surface area contributed by atoms with E-state index in [-0.39, 0.29) is 11.5 Å². The van der Waals surface area contributed by atoms with Gasteiger partial charge in [-0.3, -0.25) is 14.9 Å². The van der Waals surface area contributed by atoms with Crippen LogP contribution in [0.1, 0.15) is 25.3 Å². The van der Waals surface area contributed by atoms with Crippen LogP contribution in [0.2, 0.25) is 0 Å². The van der Waals surface area contributed by atoms with E-state index in [0.717, 1.165) is 24.4 Å². The van der Waals surface area contributed by atoms with Crippen LogP contribution in [-0.4, -0.2) is 23.8 Å². The van der Waals surface area contributed by atoms with Gasteiger partial charge >= 0.3 is 6.18 Å². The number of carbonyl (C=O) groups excluding carboxylic acids is 1. The molecule has 0 aliphatic heterocycles. The summed E-state index contributed by atoms with van der Waals surface area (Å²) in [6.45, 7) is 6.84. The van der Waals surface area contributed by atoms with Crippen LogP contribution in [0.25, 0.3) is 0 Å². The van der Waals surface area contributed by atoms with E-state index in [2.05, 4.69) is 21.7 Å². The molecule has 0 saturated heterocycles. The highest BCUT2D eigenvalue weighted by Gasteiger charge is 2.38. The Morgan fingerprint density at radius 1 is 1.16 bits per heavy atom. The molecule has 2 rings (SSSR count). The SMILES string of the molecule is C=CC(=O)CCCN(CC)c1ccc(N=Nc2ccc([N+](=O)[O-])c(C(F)(F)F)c2)cc1. The summed E-state index contributed by atoms with van der Waals surface area (Å²) < 4.78 is 39.2. The van der Waals surface area contributed by atoms with Gasteiger partial charge in [0.05, 0.1) is 16.3 Å². The van der Waals surface area contributed by atoms with E-state index in [0.29, 0.717) is 31.1 Å². The van der Waals surface area contributed by atoms with Crippen LogP contribution >= 0.6 is 0 Å². The molecule has 0 bridgehead atoms. The van der Waals surface area contributed by atoms with E-state index < -0.39 is 22.4 Å². The summed E-state index contributed by atoms with van der Waals surface area (Å²) in [5.74, 6) is -0.00765. The number of azo groups is 1. The van der Waals surface area contributed by atoms with Gasteiger partial charge in [0.1, 0.15) is 5.56 Å². The van der Waals surface area contributed by atoms with Crippen LogP contribution in [0.3, 0.4) is 0 Å².